The lowest BCUT2D eigenvalue weighted by atomic mass is 9.98. The quantitative estimate of drug-likeness (QED) is 0.486. The van der Waals surface area contributed by atoms with E-state index in [4.69, 9.17) is 4.74 Å². The Labute approximate surface area is 162 Å². The zero-order chi connectivity index (χ0) is 20.3. The number of hydrogen-bond acceptors (Lipinski definition) is 5. The van der Waals surface area contributed by atoms with Gasteiger partial charge in [0.1, 0.15) is 0 Å². The minimum Gasteiger partial charge on any atom is -0.457 e. The van der Waals surface area contributed by atoms with E-state index in [0.717, 1.165) is 16.7 Å². The van der Waals surface area contributed by atoms with E-state index < -0.39 is 5.97 Å². The second-order valence-electron chi connectivity index (χ2n) is 6.85. The Morgan fingerprint density at radius 1 is 1.04 bits per heavy atom. The SMILES string of the molecule is Cc1cc(C)c(C(=O)COC(=O)CCn2cnc3ccccc3c2=O)cc1C. The highest BCUT2D eigenvalue weighted by molar-refractivity contribution is 5.99. The third-order valence-electron chi connectivity index (χ3n) is 4.79. The second-order valence-corrected chi connectivity index (χ2v) is 6.85. The molecule has 1 aromatic heterocycles. The van der Waals surface area contributed by atoms with Crippen molar-refractivity contribution in [3.8, 4) is 0 Å². The molecule has 28 heavy (non-hydrogen) atoms. The molecule has 0 atom stereocenters. The van der Waals surface area contributed by atoms with Gasteiger partial charge in [0.2, 0.25) is 5.78 Å². The minimum atomic E-state index is -0.533. The predicted molar refractivity (Wildman–Crippen MR) is 107 cm³/mol. The fraction of sp³-hybridized carbons (Fsp3) is 0.273. The average molecular weight is 378 g/mol. The van der Waals surface area contributed by atoms with Crippen molar-refractivity contribution in [1.29, 1.82) is 0 Å². The molecule has 0 saturated heterocycles. The molecule has 0 aliphatic rings. The molecular weight excluding hydrogens is 356 g/mol. The number of ketones is 1. The molecule has 0 aliphatic carbocycles. The highest BCUT2D eigenvalue weighted by atomic mass is 16.5. The monoisotopic (exact) mass is 378 g/mol. The van der Waals surface area contributed by atoms with E-state index >= 15 is 0 Å². The number of aromatic nitrogens is 2. The summed E-state index contributed by atoms with van der Waals surface area (Å²) in [5.41, 5.74) is 3.95. The van der Waals surface area contributed by atoms with Crippen LogP contribution < -0.4 is 5.56 Å². The molecule has 6 nitrogen and oxygen atoms in total. The molecule has 0 aliphatic heterocycles. The number of nitrogens with zero attached hydrogens (tertiary/aromatic N) is 2. The van der Waals surface area contributed by atoms with Crippen LogP contribution in [0, 0.1) is 20.8 Å². The number of esters is 1. The number of hydrogen-bond donors (Lipinski definition) is 0. The Morgan fingerprint density at radius 3 is 2.54 bits per heavy atom. The van der Waals surface area contributed by atoms with E-state index in [2.05, 4.69) is 4.98 Å². The fourth-order valence-corrected chi connectivity index (χ4v) is 3.03. The van der Waals surface area contributed by atoms with Crippen LogP contribution in [0.25, 0.3) is 10.9 Å². The molecule has 1 heterocycles. The highest BCUT2D eigenvalue weighted by Gasteiger charge is 2.14. The van der Waals surface area contributed by atoms with Crippen molar-refractivity contribution in [3.63, 3.8) is 0 Å². The minimum absolute atomic E-state index is 0.0148. The molecule has 3 rings (SSSR count). The first-order chi connectivity index (χ1) is 13.4. The van der Waals surface area contributed by atoms with Crippen LogP contribution in [0.5, 0.6) is 0 Å². The number of aryl methyl sites for hydroxylation is 4. The number of ether oxygens (including phenoxy) is 1. The number of para-hydroxylation sites is 1. The van der Waals surface area contributed by atoms with Crippen LogP contribution in [0.3, 0.4) is 0 Å². The molecule has 2 aromatic carbocycles. The summed E-state index contributed by atoms with van der Waals surface area (Å²) in [6.07, 6.45) is 1.40. The van der Waals surface area contributed by atoms with Gasteiger partial charge in [-0.2, -0.15) is 0 Å². The number of carbonyl (C=O) groups excluding carboxylic acids is 2. The Morgan fingerprint density at radius 2 is 1.75 bits per heavy atom. The zero-order valence-electron chi connectivity index (χ0n) is 16.2. The molecule has 3 aromatic rings. The molecule has 0 spiro atoms. The largest absolute Gasteiger partial charge is 0.457 e. The molecule has 0 fully saturated rings. The predicted octanol–water partition coefficient (Wildman–Crippen LogP) is 3.14. The summed E-state index contributed by atoms with van der Waals surface area (Å²) in [6, 6.07) is 10.8. The van der Waals surface area contributed by atoms with E-state index in [0.29, 0.717) is 16.5 Å². The number of carbonyl (C=O) groups is 2. The Hall–Kier alpha value is -3.28. The topological polar surface area (TPSA) is 78.3 Å². The second kappa shape index (κ2) is 8.17. The summed E-state index contributed by atoms with van der Waals surface area (Å²) >= 11 is 0. The molecule has 0 N–H and O–H groups in total. The van der Waals surface area contributed by atoms with Gasteiger partial charge in [0.05, 0.1) is 23.7 Å². The molecule has 0 amide bonds. The lowest BCUT2D eigenvalue weighted by Crippen LogP contribution is -2.23. The fourth-order valence-electron chi connectivity index (χ4n) is 3.03. The summed E-state index contributed by atoms with van der Waals surface area (Å²) in [7, 11) is 0. The lowest BCUT2D eigenvalue weighted by molar-refractivity contribution is -0.142. The van der Waals surface area contributed by atoms with Crippen LogP contribution in [0.1, 0.15) is 33.5 Å². The van der Waals surface area contributed by atoms with E-state index in [1.165, 1.54) is 10.9 Å². The molecular formula is C22H22N2O4. The van der Waals surface area contributed by atoms with Crippen molar-refractivity contribution >= 4 is 22.7 Å². The van der Waals surface area contributed by atoms with Crippen molar-refractivity contribution in [3.05, 3.63) is 75.3 Å². The van der Waals surface area contributed by atoms with Crippen LogP contribution >= 0.6 is 0 Å². The number of fused-ring (bicyclic) bond motifs is 1. The van der Waals surface area contributed by atoms with Crippen LogP contribution in [0.2, 0.25) is 0 Å². The van der Waals surface area contributed by atoms with Gasteiger partial charge in [-0.3, -0.25) is 19.0 Å². The van der Waals surface area contributed by atoms with Gasteiger partial charge in [-0.15, -0.1) is 0 Å². The lowest BCUT2D eigenvalue weighted by Gasteiger charge is -2.10. The Bertz CT molecular complexity index is 1120. The Balaban J connectivity index is 1.59. The first kappa shape index (κ1) is 19.5. The van der Waals surface area contributed by atoms with Crippen LogP contribution in [0.15, 0.2) is 47.5 Å². The molecule has 0 bridgehead atoms. The molecule has 0 unspecified atom stereocenters. The van der Waals surface area contributed by atoms with E-state index in [-0.39, 0.29) is 30.9 Å². The standard InChI is InChI=1S/C22H22N2O4/c1-14-10-16(3)18(11-15(14)2)20(25)12-28-21(26)8-9-24-13-23-19-7-5-4-6-17(19)22(24)27/h4-7,10-11,13H,8-9,12H2,1-3H3. The summed E-state index contributed by atoms with van der Waals surface area (Å²) in [4.78, 5) is 41.0. The van der Waals surface area contributed by atoms with Gasteiger partial charge in [-0.05, 0) is 55.7 Å². The Kier molecular flexibility index (Phi) is 5.68. The van der Waals surface area contributed by atoms with Crippen molar-refractivity contribution in [2.75, 3.05) is 6.61 Å². The first-order valence-electron chi connectivity index (χ1n) is 9.07. The number of rotatable bonds is 6. The summed E-state index contributed by atoms with van der Waals surface area (Å²) in [6.45, 7) is 5.62. The third-order valence-corrected chi connectivity index (χ3v) is 4.79. The molecule has 6 heteroatoms. The van der Waals surface area contributed by atoms with Crippen molar-refractivity contribution in [2.24, 2.45) is 0 Å². The molecule has 0 radical (unpaired) electrons. The average Bonchev–Trinajstić information content (AvgIpc) is 2.68. The van der Waals surface area contributed by atoms with E-state index in [9.17, 15) is 14.4 Å². The normalized spacial score (nSPS) is 10.8. The van der Waals surface area contributed by atoms with Crippen molar-refractivity contribution in [1.82, 2.24) is 9.55 Å². The van der Waals surface area contributed by atoms with Gasteiger partial charge in [0.15, 0.2) is 6.61 Å². The third kappa shape index (κ3) is 4.17. The van der Waals surface area contributed by atoms with E-state index in [1.54, 1.807) is 18.2 Å². The molecule has 144 valence electrons. The van der Waals surface area contributed by atoms with Gasteiger partial charge in [-0.25, -0.2) is 4.98 Å². The number of Topliss-reactive ketones (excluding diaryl/α,β-unsaturated/α-hetero) is 1. The van der Waals surface area contributed by atoms with Crippen molar-refractivity contribution < 1.29 is 14.3 Å². The van der Waals surface area contributed by atoms with Crippen LogP contribution in [-0.4, -0.2) is 27.9 Å². The summed E-state index contributed by atoms with van der Waals surface area (Å²) < 4.78 is 6.48. The smallest absolute Gasteiger partial charge is 0.308 e. The zero-order valence-corrected chi connectivity index (χ0v) is 16.2. The maximum atomic E-state index is 12.4. The van der Waals surface area contributed by atoms with E-state index in [1.807, 2.05) is 39.0 Å². The number of benzene rings is 2. The first-order valence-corrected chi connectivity index (χ1v) is 9.07. The van der Waals surface area contributed by atoms with Gasteiger partial charge in [0, 0.05) is 12.1 Å². The van der Waals surface area contributed by atoms with Gasteiger partial charge in [-0.1, -0.05) is 18.2 Å². The summed E-state index contributed by atoms with van der Waals surface area (Å²) in [5, 5.41) is 0.499. The van der Waals surface area contributed by atoms with Crippen LogP contribution in [0.4, 0.5) is 0 Å². The molecule has 0 saturated carbocycles. The van der Waals surface area contributed by atoms with Gasteiger partial charge >= 0.3 is 5.97 Å². The van der Waals surface area contributed by atoms with Gasteiger partial charge in [0.25, 0.3) is 5.56 Å². The highest BCUT2D eigenvalue weighted by Crippen LogP contribution is 2.16. The van der Waals surface area contributed by atoms with Crippen molar-refractivity contribution in [2.45, 2.75) is 33.7 Å². The maximum Gasteiger partial charge on any atom is 0.308 e. The maximum absolute atomic E-state index is 12.4. The summed E-state index contributed by atoms with van der Waals surface area (Å²) in [5.74, 6) is -0.770. The van der Waals surface area contributed by atoms with Gasteiger partial charge < -0.3 is 4.74 Å². The van der Waals surface area contributed by atoms with Crippen LogP contribution in [-0.2, 0) is 16.1 Å².